The third kappa shape index (κ3) is 1.89. The van der Waals surface area contributed by atoms with Gasteiger partial charge in [0.05, 0.1) is 12.3 Å². The summed E-state index contributed by atoms with van der Waals surface area (Å²) >= 11 is 1.68. The van der Waals surface area contributed by atoms with E-state index in [0.717, 1.165) is 32.6 Å². The Bertz CT molecular complexity index is 1040. The average molecular weight is 300 g/mol. The molecule has 0 bridgehead atoms. The molecule has 0 amide bonds. The van der Waals surface area contributed by atoms with Crippen molar-refractivity contribution < 1.29 is 0 Å². The van der Waals surface area contributed by atoms with Crippen LogP contribution in [0.25, 0.3) is 36.3 Å². The van der Waals surface area contributed by atoms with E-state index in [2.05, 4.69) is 46.2 Å². The maximum atomic E-state index is 7.36. The number of hydrogen-bond donors (Lipinski definition) is 0. The third-order valence-electron chi connectivity index (χ3n) is 3.81. The van der Waals surface area contributed by atoms with Crippen LogP contribution in [0.5, 0.6) is 0 Å². The van der Waals surface area contributed by atoms with Crippen molar-refractivity contribution in [3.05, 3.63) is 71.7 Å². The molecule has 0 atom stereocenters. The minimum Gasteiger partial charge on any atom is -0.256 e. The first-order chi connectivity index (χ1) is 10.8. The highest BCUT2D eigenvalue weighted by atomic mass is 32.1. The van der Waals surface area contributed by atoms with Crippen LogP contribution in [0, 0.1) is 13.5 Å². The van der Waals surface area contributed by atoms with Crippen molar-refractivity contribution in [2.45, 2.75) is 6.92 Å². The van der Waals surface area contributed by atoms with Crippen LogP contribution >= 0.6 is 11.3 Å². The third-order valence-corrected chi connectivity index (χ3v) is 5.09. The zero-order valence-corrected chi connectivity index (χ0v) is 12.8. The van der Waals surface area contributed by atoms with Crippen LogP contribution in [0.2, 0.25) is 0 Å². The normalized spacial score (nSPS) is 10.9. The standard InChI is InChI=1S/C19H12N2S/c1-12-9-10-16(21-11-12)15-7-3-5-13-14-6-4-8-17(20-2)19(14)22-18(13)15/h3-11H,1H3. The van der Waals surface area contributed by atoms with Crippen LogP contribution in [0.4, 0.5) is 5.69 Å². The van der Waals surface area contributed by atoms with Crippen LogP contribution in [-0.4, -0.2) is 4.98 Å². The Morgan fingerprint density at radius 1 is 0.955 bits per heavy atom. The van der Waals surface area contributed by atoms with Gasteiger partial charge in [0.1, 0.15) is 0 Å². The molecule has 3 heteroatoms. The summed E-state index contributed by atoms with van der Waals surface area (Å²) in [7, 11) is 0. The van der Waals surface area contributed by atoms with Crippen LogP contribution < -0.4 is 0 Å². The zero-order valence-electron chi connectivity index (χ0n) is 12.0. The average Bonchev–Trinajstić information content (AvgIpc) is 2.94. The summed E-state index contributed by atoms with van der Waals surface area (Å²) in [6.07, 6.45) is 1.89. The fourth-order valence-corrected chi connectivity index (χ4v) is 4.00. The maximum absolute atomic E-state index is 7.36. The van der Waals surface area contributed by atoms with Gasteiger partial charge in [-0.15, -0.1) is 11.3 Å². The number of benzene rings is 2. The second-order valence-electron chi connectivity index (χ2n) is 5.27. The number of aromatic nitrogens is 1. The first kappa shape index (κ1) is 13.0. The van der Waals surface area contributed by atoms with Gasteiger partial charge < -0.3 is 0 Å². The maximum Gasteiger partial charge on any atom is 0.204 e. The van der Waals surface area contributed by atoms with Crippen molar-refractivity contribution >= 4 is 37.2 Å². The molecule has 2 nitrogen and oxygen atoms in total. The summed E-state index contributed by atoms with van der Waals surface area (Å²) < 4.78 is 2.26. The monoisotopic (exact) mass is 300 g/mol. The number of fused-ring (bicyclic) bond motifs is 3. The summed E-state index contributed by atoms with van der Waals surface area (Å²) in [6, 6.07) is 16.4. The smallest absolute Gasteiger partial charge is 0.204 e. The Hall–Kier alpha value is -2.70. The van der Waals surface area contributed by atoms with Crippen molar-refractivity contribution in [2.24, 2.45) is 0 Å². The van der Waals surface area contributed by atoms with Gasteiger partial charge in [0, 0.05) is 21.2 Å². The molecule has 104 valence electrons. The summed E-state index contributed by atoms with van der Waals surface area (Å²) in [5.74, 6) is 0. The highest BCUT2D eigenvalue weighted by molar-refractivity contribution is 7.27. The molecular weight excluding hydrogens is 288 g/mol. The van der Waals surface area contributed by atoms with Gasteiger partial charge in [-0.1, -0.05) is 42.5 Å². The van der Waals surface area contributed by atoms with E-state index >= 15 is 0 Å². The van der Waals surface area contributed by atoms with Gasteiger partial charge in [0.2, 0.25) is 5.69 Å². The van der Waals surface area contributed by atoms with E-state index < -0.39 is 0 Å². The van der Waals surface area contributed by atoms with E-state index in [1.807, 2.05) is 25.3 Å². The fraction of sp³-hybridized carbons (Fsp3) is 0.0526. The van der Waals surface area contributed by atoms with Crippen molar-refractivity contribution in [2.75, 3.05) is 0 Å². The lowest BCUT2D eigenvalue weighted by atomic mass is 10.1. The Morgan fingerprint density at radius 3 is 2.45 bits per heavy atom. The largest absolute Gasteiger partial charge is 0.256 e. The van der Waals surface area contributed by atoms with Crippen molar-refractivity contribution in [3.63, 3.8) is 0 Å². The molecule has 0 aliphatic carbocycles. The van der Waals surface area contributed by atoms with Crippen molar-refractivity contribution in [3.8, 4) is 11.3 Å². The lowest BCUT2D eigenvalue weighted by Gasteiger charge is -2.03. The van der Waals surface area contributed by atoms with E-state index in [4.69, 9.17) is 6.57 Å². The van der Waals surface area contributed by atoms with E-state index in [0.29, 0.717) is 0 Å². The number of aryl methyl sites for hydroxylation is 1. The quantitative estimate of drug-likeness (QED) is 0.395. The number of rotatable bonds is 1. The van der Waals surface area contributed by atoms with Crippen molar-refractivity contribution in [1.29, 1.82) is 0 Å². The summed E-state index contributed by atoms with van der Waals surface area (Å²) in [5, 5.41) is 2.35. The molecule has 4 aromatic rings. The minimum absolute atomic E-state index is 0.724. The first-order valence-corrected chi connectivity index (χ1v) is 7.84. The highest BCUT2D eigenvalue weighted by Gasteiger charge is 2.12. The second-order valence-corrected chi connectivity index (χ2v) is 6.29. The molecule has 4 rings (SSSR count). The first-order valence-electron chi connectivity index (χ1n) is 7.02. The van der Waals surface area contributed by atoms with Crippen LogP contribution in [0.3, 0.4) is 0 Å². The lowest BCUT2D eigenvalue weighted by Crippen LogP contribution is -1.83. The molecule has 0 N–H and O–H groups in total. The summed E-state index contributed by atoms with van der Waals surface area (Å²) in [4.78, 5) is 8.21. The Kier molecular flexibility index (Phi) is 2.92. The van der Waals surface area contributed by atoms with Gasteiger partial charge in [-0.3, -0.25) is 4.98 Å². The molecule has 0 spiro atoms. The van der Waals surface area contributed by atoms with Crippen LogP contribution in [-0.2, 0) is 0 Å². The molecule has 0 fully saturated rings. The highest BCUT2D eigenvalue weighted by Crippen LogP contribution is 2.42. The number of nitrogens with zero attached hydrogens (tertiary/aromatic N) is 2. The zero-order chi connectivity index (χ0) is 15.1. The molecule has 0 aliphatic rings. The number of hydrogen-bond acceptors (Lipinski definition) is 2. The Labute approximate surface area is 132 Å². The Balaban J connectivity index is 2.09. The topological polar surface area (TPSA) is 17.2 Å². The molecule has 0 saturated heterocycles. The summed E-state index contributed by atoms with van der Waals surface area (Å²) in [6.45, 7) is 9.40. The molecule has 0 unspecified atom stereocenters. The van der Waals surface area contributed by atoms with Gasteiger partial charge in [0.15, 0.2) is 0 Å². The molecule has 0 saturated carbocycles. The molecule has 2 heterocycles. The van der Waals surface area contributed by atoms with Crippen LogP contribution in [0.1, 0.15) is 5.56 Å². The number of thiophene rings is 1. The number of pyridine rings is 1. The SMILES string of the molecule is [C-]#[N+]c1cccc2c1sc1c(-c3ccc(C)cn3)cccc12. The minimum atomic E-state index is 0.724. The van der Waals surface area contributed by atoms with E-state index in [9.17, 15) is 0 Å². The fourth-order valence-electron chi connectivity index (χ4n) is 2.72. The van der Waals surface area contributed by atoms with Gasteiger partial charge in [-0.05, 0) is 29.3 Å². The molecule has 0 radical (unpaired) electrons. The van der Waals surface area contributed by atoms with Gasteiger partial charge in [0.25, 0.3) is 0 Å². The van der Waals surface area contributed by atoms with E-state index in [1.165, 1.54) is 10.1 Å². The van der Waals surface area contributed by atoms with Gasteiger partial charge in [-0.2, -0.15) is 0 Å². The van der Waals surface area contributed by atoms with Crippen molar-refractivity contribution in [1.82, 2.24) is 4.98 Å². The molecule has 2 aromatic heterocycles. The Morgan fingerprint density at radius 2 is 1.73 bits per heavy atom. The molecule has 2 aromatic carbocycles. The van der Waals surface area contributed by atoms with Crippen LogP contribution in [0.15, 0.2) is 54.7 Å². The van der Waals surface area contributed by atoms with Gasteiger partial charge >= 0.3 is 0 Å². The predicted molar refractivity (Wildman–Crippen MR) is 93.6 cm³/mol. The lowest BCUT2D eigenvalue weighted by molar-refractivity contribution is 1.27. The molecule has 22 heavy (non-hydrogen) atoms. The van der Waals surface area contributed by atoms with E-state index in [-0.39, 0.29) is 0 Å². The molecule has 0 aliphatic heterocycles. The summed E-state index contributed by atoms with van der Waals surface area (Å²) in [5.41, 5.74) is 3.99. The van der Waals surface area contributed by atoms with E-state index in [1.54, 1.807) is 11.3 Å². The predicted octanol–water partition coefficient (Wildman–Crippen LogP) is 5.98. The molecular formula is C19H12N2S. The second kappa shape index (κ2) is 4.94. The van der Waals surface area contributed by atoms with Gasteiger partial charge in [-0.25, -0.2) is 4.85 Å².